The summed E-state index contributed by atoms with van der Waals surface area (Å²) in [6.07, 6.45) is 1.84. The first-order valence-electron chi connectivity index (χ1n) is 6.96. The van der Waals surface area contributed by atoms with Gasteiger partial charge in [0.2, 0.25) is 0 Å². The largest absolute Gasteiger partial charge is 0.346 e. The second-order valence-electron chi connectivity index (χ2n) is 5.35. The second-order valence-corrected chi connectivity index (χ2v) is 5.91. The Hall–Kier alpha value is -0.830. The van der Waals surface area contributed by atoms with E-state index < -0.39 is 0 Å². The quantitative estimate of drug-likeness (QED) is 0.767. The van der Waals surface area contributed by atoms with Gasteiger partial charge >= 0.3 is 0 Å². The van der Waals surface area contributed by atoms with Crippen molar-refractivity contribution >= 4 is 21.8 Å². The van der Waals surface area contributed by atoms with E-state index >= 15 is 0 Å². The molecule has 2 nitrogen and oxygen atoms in total. The zero-order valence-corrected chi connectivity index (χ0v) is 13.9. The fraction of sp³-hybridized carbons (Fsp3) is 0.562. The summed E-state index contributed by atoms with van der Waals surface area (Å²) in [6.45, 7) is 8.51. The molecule has 19 heavy (non-hydrogen) atoms. The Morgan fingerprint density at radius 1 is 1.21 bits per heavy atom. The summed E-state index contributed by atoms with van der Waals surface area (Å²) in [6, 6.07) is 7.89. The highest BCUT2D eigenvalue weighted by Crippen LogP contribution is 2.20. The highest BCUT2D eigenvalue weighted by atomic mass is 79.9. The van der Waals surface area contributed by atoms with Crippen LogP contribution in [0.5, 0.6) is 0 Å². The molecule has 0 saturated carbocycles. The summed E-state index contributed by atoms with van der Waals surface area (Å²) in [4.78, 5) is 12.3. The molecule has 0 aliphatic heterocycles. The van der Waals surface area contributed by atoms with Crippen LogP contribution in [0.25, 0.3) is 0 Å². The number of benzene rings is 1. The Morgan fingerprint density at radius 2 is 1.74 bits per heavy atom. The Kier molecular flexibility index (Phi) is 6.05. The molecule has 0 unspecified atom stereocenters. The van der Waals surface area contributed by atoms with Crippen LogP contribution in [0.1, 0.15) is 62.4 Å². The van der Waals surface area contributed by atoms with Crippen molar-refractivity contribution in [2.45, 2.75) is 52.0 Å². The van der Waals surface area contributed by atoms with E-state index in [4.69, 9.17) is 0 Å². The molecular formula is C16H24BrNO. The molecule has 1 amide bonds. The van der Waals surface area contributed by atoms with Gasteiger partial charge in [0, 0.05) is 16.4 Å². The number of carbonyl (C=O) groups is 1. The molecule has 0 saturated heterocycles. The van der Waals surface area contributed by atoms with Crippen LogP contribution >= 0.6 is 15.9 Å². The number of hydrogen-bond donors (Lipinski definition) is 1. The third-order valence-corrected chi connectivity index (χ3v) is 4.90. The summed E-state index contributed by atoms with van der Waals surface area (Å²) < 4.78 is 0. The van der Waals surface area contributed by atoms with Gasteiger partial charge in [-0.15, -0.1) is 0 Å². The van der Waals surface area contributed by atoms with Crippen LogP contribution in [-0.4, -0.2) is 16.8 Å². The highest BCUT2D eigenvalue weighted by Gasteiger charge is 2.27. The predicted molar refractivity (Wildman–Crippen MR) is 85.1 cm³/mol. The van der Waals surface area contributed by atoms with E-state index in [2.05, 4.69) is 48.9 Å². The molecule has 1 N–H and O–H groups in total. The van der Waals surface area contributed by atoms with Gasteiger partial charge in [0.1, 0.15) is 0 Å². The van der Waals surface area contributed by atoms with E-state index in [1.165, 1.54) is 5.56 Å². The molecular weight excluding hydrogens is 302 g/mol. The minimum Gasteiger partial charge on any atom is -0.346 e. The lowest BCUT2D eigenvalue weighted by Gasteiger charge is -2.31. The fourth-order valence-electron chi connectivity index (χ4n) is 1.98. The van der Waals surface area contributed by atoms with Gasteiger partial charge < -0.3 is 5.32 Å². The minimum absolute atomic E-state index is 0.0125. The van der Waals surface area contributed by atoms with E-state index in [0.717, 1.165) is 23.7 Å². The van der Waals surface area contributed by atoms with Crippen molar-refractivity contribution in [3.8, 4) is 0 Å². The van der Waals surface area contributed by atoms with E-state index in [-0.39, 0.29) is 11.4 Å². The van der Waals surface area contributed by atoms with Crippen LogP contribution in [0.15, 0.2) is 24.3 Å². The standard InChI is InChI=1S/C16H24BrNO/c1-5-16(6-2,11-17)18-15(19)14-9-7-13(8-10-14)12(3)4/h7-10,12H,5-6,11H2,1-4H3,(H,18,19). The predicted octanol–water partition coefficient (Wildman–Crippen LogP) is 4.49. The molecule has 0 atom stereocenters. The van der Waals surface area contributed by atoms with Crippen LogP contribution in [0, 0.1) is 0 Å². The normalized spacial score (nSPS) is 11.7. The van der Waals surface area contributed by atoms with Gasteiger partial charge in [0.15, 0.2) is 0 Å². The molecule has 0 fully saturated rings. The van der Waals surface area contributed by atoms with Crippen LogP contribution in [0.4, 0.5) is 0 Å². The molecule has 0 aliphatic rings. The first-order valence-corrected chi connectivity index (χ1v) is 8.08. The number of amides is 1. The van der Waals surface area contributed by atoms with Crippen LogP contribution in [-0.2, 0) is 0 Å². The van der Waals surface area contributed by atoms with Gasteiger partial charge in [-0.05, 0) is 36.5 Å². The topological polar surface area (TPSA) is 29.1 Å². The Bertz CT molecular complexity index is 399. The van der Waals surface area contributed by atoms with Crippen molar-refractivity contribution in [2.75, 3.05) is 5.33 Å². The maximum absolute atomic E-state index is 12.3. The van der Waals surface area contributed by atoms with Gasteiger partial charge in [-0.2, -0.15) is 0 Å². The van der Waals surface area contributed by atoms with Crippen molar-refractivity contribution in [1.29, 1.82) is 0 Å². The molecule has 1 aromatic carbocycles. The average Bonchev–Trinajstić information content (AvgIpc) is 2.45. The van der Waals surface area contributed by atoms with Crippen LogP contribution < -0.4 is 5.32 Å². The van der Waals surface area contributed by atoms with E-state index in [1.54, 1.807) is 0 Å². The van der Waals surface area contributed by atoms with Gasteiger partial charge in [0.25, 0.3) is 5.91 Å². The summed E-state index contributed by atoms with van der Waals surface area (Å²) in [5, 5.41) is 3.94. The number of halogens is 1. The Labute approximate surface area is 125 Å². The molecule has 0 bridgehead atoms. The van der Waals surface area contributed by atoms with Crippen molar-refractivity contribution in [3.05, 3.63) is 35.4 Å². The molecule has 0 heterocycles. The highest BCUT2D eigenvalue weighted by molar-refractivity contribution is 9.09. The maximum atomic E-state index is 12.3. The van der Waals surface area contributed by atoms with Gasteiger partial charge in [-0.25, -0.2) is 0 Å². The van der Waals surface area contributed by atoms with Crippen molar-refractivity contribution < 1.29 is 4.79 Å². The minimum atomic E-state index is -0.145. The summed E-state index contributed by atoms with van der Waals surface area (Å²) >= 11 is 3.51. The first kappa shape index (κ1) is 16.2. The lowest BCUT2D eigenvalue weighted by Crippen LogP contribution is -2.49. The monoisotopic (exact) mass is 325 g/mol. The number of alkyl halides is 1. The van der Waals surface area contributed by atoms with Crippen LogP contribution in [0.3, 0.4) is 0 Å². The number of hydrogen-bond acceptors (Lipinski definition) is 1. The molecule has 1 aromatic rings. The second kappa shape index (κ2) is 7.09. The van der Waals surface area contributed by atoms with Gasteiger partial charge in [-0.1, -0.05) is 55.8 Å². The molecule has 0 aliphatic carbocycles. The number of carbonyl (C=O) groups excluding carboxylic acids is 1. The van der Waals surface area contributed by atoms with Crippen molar-refractivity contribution in [2.24, 2.45) is 0 Å². The van der Waals surface area contributed by atoms with E-state index in [1.807, 2.05) is 24.3 Å². The lowest BCUT2D eigenvalue weighted by molar-refractivity contribution is 0.0903. The zero-order valence-electron chi connectivity index (χ0n) is 12.3. The van der Waals surface area contributed by atoms with Gasteiger partial charge in [-0.3, -0.25) is 4.79 Å². The summed E-state index contributed by atoms with van der Waals surface area (Å²) in [5.41, 5.74) is 1.85. The Balaban J connectivity index is 2.83. The number of rotatable bonds is 6. The van der Waals surface area contributed by atoms with E-state index in [9.17, 15) is 4.79 Å². The van der Waals surface area contributed by atoms with Crippen molar-refractivity contribution in [1.82, 2.24) is 5.32 Å². The maximum Gasteiger partial charge on any atom is 0.251 e. The Morgan fingerprint density at radius 3 is 2.11 bits per heavy atom. The molecule has 1 rings (SSSR count). The summed E-state index contributed by atoms with van der Waals surface area (Å²) in [7, 11) is 0. The molecule has 0 aromatic heterocycles. The van der Waals surface area contributed by atoms with E-state index in [0.29, 0.717) is 5.92 Å². The summed E-state index contributed by atoms with van der Waals surface area (Å²) in [5.74, 6) is 0.503. The van der Waals surface area contributed by atoms with Gasteiger partial charge in [0.05, 0.1) is 0 Å². The third kappa shape index (κ3) is 4.07. The SMILES string of the molecule is CCC(CC)(CBr)NC(=O)c1ccc(C(C)C)cc1. The first-order chi connectivity index (χ1) is 8.98. The number of nitrogens with one attached hydrogen (secondary N) is 1. The fourth-order valence-corrected chi connectivity index (χ4v) is 2.91. The molecule has 3 heteroatoms. The molecule has 0 radical (unpaired) electrons. The van der Waals surface area contributed by atoms with Crippen LogP contribution in [0.2, 0.25) is 0 Å². The smallest absolute Gasteiger partial charge is 0.251 e. The third-order valence-electron chi connectivity index (χ3n) is 3.83. The average molecular weight is 326 g/mol. The molecule has 0 spiro atoms. The molecule has 106 valence electrons. The lowest BCUT2D eigenvalue weighted by atomic mass is 9.94. The van der Waals surface area contributed by atoms with Crippen molar-refractivity contribution in [3.63, 3.8) is 0 Å². The zero-order chi connectivity index (χ0) is 14.5.